The average Bonchev–Trinajstić information content (AvgIpc) is 3.03. The lowest BCUT2D eigenvalue weighted by molar-refractivity contribution is 0.385. The van der Waals surface area contributed by atoms with Crippen LogP contribution in [-0.4, -0.2) is 5.84 Å². The van der Waals surface area contributed by atoms with Crippen LogP contribution in [0.5, 0.6) is 0 Å². The third-order valence-electron chi connectivity index (χ3n) is 5.08. The minimum absolute atomic E-state index is 0.110. The van der Waals surface area contributed by atoms with Gasteiger partial charge in [-0.2, -0.15) is 0 Å². The number of nitrogens with one attached hydrogen (secondary N) is 1. The van der Waals surface area contributed by atoms with Gasteiger partial charge in [-0.25, -0.2) is 8.78 Å². The van der Waals surface area contributed by atoms with Gasteiger partial charge in [0.1, 0.15) is 11.9 Å². The van der Waals surface area contributed by atoms with Gasteiger partial charge in [-0.3, -0.25) is 4.99 Å². The molecule has 4 heteroatoms. The Morgan fingerprint density at radius 2 is 1.56 bits per heavy atom. The van der Waals surface area contributed by atoms with Gasteiger partial charge < -0.3 is 5.32 Å². The van der Waals surface area contributed by atoms with Crippen LogP contribution in [0.2, 0.25) is 0 Å². The molecule has 1 aliphatic heterocycles. The van der Waals surface area contributed by atoms with Crippen LogP contribution in [0.15, 0.2) is 83.9 Å². The van der Waals surface area contributed by atoms with Gasteiger partial charge in [0.05, 0.1) is 5.54 Å². The molecular weight excluding hydrogens is 342 g/mol. The van der Waals surface area contributed by atoms with Crippen molar-refractivity contribution in [2.75, 3.05) is 0 Å². The largest absolute Gasteiger partial charge is 0.362 e. The molecule has 0 radical (unpaired) electrons. The maximum atomic E-state index is 13.6. The van der Waals surface area contributed by atoms with Crippen molar-refractivity contribution in [1.82, 2.24) is 5.32 Å². The van der Waals surface area contributed by atoms with E-state index in [1.54, 1.807) is 6.07 Å². The molecule has 0 saturated heterocycles. The first-order chi connectivity index (χ1) is 13.1. The number of benzene rings is 3. The second kappa shape index (κ2) is 6.95. The van der Waals surface area contributed by atoms with Gasteiger partial charge in [-0.05, 0) is 35.7 Å². The number of hydrogen-bond donors (Lipinski definition) is 1. The number of rotatable bonds is 4. The molecule has 2 atom stereocenters. The van der Waals surface area contributed by atoms with E-state index in [0.29, 0.717) is 12.0 Å². The van der Waals surface area contributed by atoms with Crippen molar-refractivity contribution in [2.24, 2.45) is 4.99 Å². The van der Waals surface area contributed by atoms with Crippen LogP contribution in [0.4, 0.5) is 8.78 Å². The Bertz CT molecular complexity index is 970. The van der Waals surface area contributed by atoms with Crippen LogP contribution in [0.25, 0.3) is 0 Å². The number of amidine groups is 1. The number of hydrogen-bond acceptors (Lipinski definition) is 2. The first-order valence-electron chi connectivity index (χ1n) is 8.95. The van der Waals surface area contributed by atoms with Crippen molar-refractivity contribution in [3.63, 3.8) is 0 Å². The fourth-order valence-electron chi connectivity index (χ4n) is 3.68. The Morgan fingerprint density at radius 1 is 0.889 bits per heavy atom. The smallest absolute Gasteiger partial charge is 0.159 e. The molecule has 2 nitrogen and oxygen atoms in total. The Morgan fingerprint density at radius 3 is 2.22 bits per heavy atom. The van der Waals surface area contributed by atoms with E-state index < -0.39 is 17.2 Å². The first kappa shape index (κ1) is 17.4. The quantitative estimate of drug-likeness (QED) is 0.681. The molecule has 1 heterocycles. The van der Waals surface area contributed by atoms with E-state index in [1.807, 2.05) is 36.4 Å². The third kappa shape index (κ3) is 3.35. The zero-order valence-corrected chi connectivity index (χ0v) is 15.0. The number of nitrogens with zero attached hydrogens (tertiary/aromatic N) is 1. The summed E-state index contributed by atoms with van der Waals surface area (Å²) in [5, 5.41) is 3.55. The topological polar surface area (TPSA) is 24.4 Å². The van der Waals surface area contributed by atoms with Gasteiger partial charge in [0, 0.05) is 6.42 Å². The molecule has 2 unspecified atom stereocenters. The van der Waals surface area contributed by atoms with Gasteiger partial charge in [0.25, 0.3) is 0 Å². The molecule has 0 saturated carbocycles. The van der Waals surface area contributed by atoms with E-state index in [2.05, 4.69) is 36.5 Å². The Labute approximate surface area is 157 Å². The van der Waals surface area contributed by atoms with E-state index >= 15 is 0 Å². The van der Waals surface area contributed by atoms with Crippen LogP contribution in [0, 0.1) is 11.6 Å². The van der Waals surface area contributed by atoms with Gasteiger partial charge in [0.2, 0.25) is 0 Å². The molecule has 136 valence electrons. The molecule has 0 bridgehead atoms. The monoisotopic (exact) mass is 362 g/mol. The molecular formula is C23H20F2N2. The molecule has 0 fully saturated rings. The van der Waals surface area contributed by atoms with E-state index in [4.69, 9.17) is 4.99 Å². The van der Waals surface area contributed by atoms with Crippen LogP contribution in [-0.2, 0) is 12.0 Å². The van der Waals surface area contributed by atoms with E-state index in [-0.39, 0.29) is 6.04 Å². The predicted molar refractivity (Wildman–Crippen MR) is 104 cm³/mol. The van der Waals surface area contributed by atoms with E-state index in [1.165, 1.54) is 6.07 Å². The maximum absolute atomic E-state index is 13.6. The zero-order chi connectivity index (χ0) is 18.9. The van der Waals surface area contributed by atoms with E-state index in [9.17, 15) is 8.78 Å². The molecule has 1 N–H and O–H groups in total. The van der Waals surface area contributed by atoms with Crippen LogP contribution < -0.4 is 5.32 Å². The Balaban J connectivity index is 1.70. The SMILES string of the molecule is CC1(c2ccccc2)NC(Cc2ccc(F)c(F)c2)=NC1c1ccccc1. The van der Waals surface area contributed by atoms with Crippen molar-refractivity contribution in [3.8, 4) is 0 Å². The summed E-state index contributed by atoms with van der Waals surface area (Å²) in [5.74, 6) is -0.908. The molecule has 3 aromatic rings. The lowest BCUT2D eigenvalue weighted by atomic mass is 9.82. The maximum Gasteiger partial charge on any atom is 0.159 e. The molecule has 0 spiro atoms. The normalized spacial score (nSPS) is 21.6. The second-order valence-electron chi connectivity index (χ2n) is 7.01. The molecule has 0 aromatic heterocycles. The van der Waals surface area contributed by atoms with E-state index in [0.717, 1.165) is 23.0 Å². The van der Waals surface area contributed by atoms with Gasteiger partial charge in [-0.15, -0.1) is 0 Å². The van der Waals surface area contributed by atoms with Crippen molar-refractivity contribution in [1.29, 1.82) is 0 Å². The fraction of sp³-hybridized carbons (Fsp3) is 0.174. The Kier molecular flexibility index (Phi) is 4.48. The summed E-state index contributed by atoms with van der Waals surface area (Å²) in [5.41, 5.74) is 2.50. The minimum Gasteiger partial charge on any atom is -0.362 e. The second-order valence-corrected chi connectivity index (χ2v) is 7.01. The highest BCUT2D eigenvalue weighted by molar-refractivity contribution is 5.87. The molecule has 4 rings (SSSR count). The molecule has 27 heavy (non-hydrogen) atoms. The highest BCUT2D eigenvalue weighted by atomic mass is 19.2. The first-order valence-corrected chi connectivity index (χ1v) is 8.95. The predicted octanol–water partition coefficient (Wildman–Crippen LogP) is 5.17. The number of aliphatic imine (C=N–C) groups is 1. The van der Waals surface area contributed by atoms with Gasteiger partial charge in [-0.1, -0.05) is 66.7 Å². The molecule has 0 amide bonds. The highest BCUT2D eigenvalue weighted by Gasteiger charge is 2.42. The molecule has 3 aromatic carbocycles. The lowest BCUT2D eigenvalue weighted by Gasteiger charge is -2.32. The Hall–Kier alpha value is -3.01. The molecule has 0 aliphatic carbocycles. The summed E-state index contributed by atoms with van der Waals surface area (Å²) in [7, 11) is 0. The van der Waals surface area contributed by atoms with Crippen LogP contribution in [0.3, 0.4) is 0 Å². The average molecular weight is 362 g/mol. The highest BCUT2D eigenvalue weighted by Crippen LogP contribution is 2.41. The lowest BCUT2D eigenvalue weighted by Crippen LogP contribution is -2.42. The summed E-state index contributed by atoms with van der Waals surface area (Å²) in [4.78, 5) is 4.92. The fourth-order valence-corrected chi connectivity index (χ4v) is 3.68. The van der Waals surface area contributed by atoms with Crippen molar-refractivity contribution in [2.45, 2.75) is 24.9 Å². The van der Waals surface area contributed by atoms with Crippen molar-refractivity contribution < 1.29 is 8.78 Å². The van der Waals surface area contributed by atoms with Gasteiger partial charge in [0.15, 0.2) is 11.6 Å². The van der Waals surface area contributed by atoms with Gasteiger partial charge >= 0.3 is 0 Å². The van der Waals surface area contributed by atoms with Crippen molar-refractivity contribution in [3.05, 3.63) is 107 Å². The minimum atomic E-state index is -0.837. The van der Waals surface area contributed by atoms with Crippen molar-refractivity contribution >= 4 is 5.84 Å². The van der Waals surface area contributed by atoms with Crippen LogP contribution in [0.1, 0.15) is 29.7 Å². The zero-order valence-electron chi connectivity index (χ0n) is 15.0. The summed E-state index contributed by atoms with van der Waals surface area (Å²) >= 11 is 0. The summed E-state index contributed by atoms with van der Waals surface area (Å²) in [6, 6.07) is 24.2. The number of halogens is 2. The van der Waals surface area contributed by atoms with Crippen LogP contribution >= 0.6 is 0 Å². The molecule has 1 aliphatic rings. The standard InChI is InChI=1S/C23H20F2N2/c1-23(18-10-6-3-7-11-18)22(17-8-4-2-5-9-17)26-21(27-23)15-16-12-13-19(24)20(25)14-16/h2-14,22H,15H2,1H3,(H,26,27). The summed E-state index contributed by atoms with van der Waals surface area (Å²) < 4.78 is 26.8. The third-order valence-corrected chi connectivity index (χ3v) is 5.08. The summed E-state index contributed by atoms with van der Waals surface area (Å²) in [6.45, 7) is 2.13. The summed E-state index contributed by atoms with van der Waals surface area (Å²) in [6.07, 6.45) is 0.420.